The van der Waals surface area contributed by atoms with E-state index in [0.717, 1.165) is 28.3 Å². The Morgan fingerprint density at radius 2 is 1.95 bits per heavy atom. The fourth-order valence-corrected chi connectivity index (χ4v) is 2.30. The fraction of sp³-hybridized carbons (Fsp3) is 0.375. The van der Waals surface area contributed by atoms with Crippen LogP contribution in [0.25, 0.3) is 0 Å². The molecule has 1 atom stereocenters. The molecule has 0 spiro atoms. The number of hydrogen-bond donors (Lipinski definition) is 2. The van der Waals surface area contributed by atoms with E-state index in [0.29, 0.717) is 0 Å². The summed E-state index contributed by atoms with van der Waals surface area (Å²) in [4.78, 5) is 8.73. The van der Waals surface area contributed by atoms with Gasteiger partial charge in [0.1, 0.15) is 5.75 Å². The Labute approximate surface area is 125 Å². The molecule has 1 unspecified atom stereocenters. The number of nitrogens with one attached hydrogen (secondary N) is 1. The first kappa shape index (κ1) is 15.4. The topological polar surface area (TPSA) is 73.1 Å². The van der Waals surface area contributed by atoms with E-state index in [9.17, 15) is 0 Å². The van der Waals surface area contributed by atoms with Crippen molar-refractivity contribution in [3.05, 3.63) is 53.1 Å². The lowest BCUT2D eigenvalue weighted by molar-refractivity contribution is 0.241. The molecule has 0 fully saturated rings. The Bertz CT molecular complexity index is 613. The number of hydrazine groups is 1. The third kappa shape index (κ3) is 3.77. The number of nitrogens with zero attached hydrogens (tertiary/aromatic N) is 2. The summed E-state index contributed by atoms with van der Waals surface area (Å²) in [6, 6.07) is 5.81. The predicted octanol–water partition coefficient (Wildman–Crippen LogP) is 2.43. The number of nitrogens with two attached hydrogens (primary N) is 1. The van der Waals surface area contributed by atoms with Crippen LogP contribution in [0.4, 0.5) is 0 Å². The van der Waals surface area contributed by atoms with Gasteiger partial charge in [-0.3, -0.25) is 15.8 Å². The highest BCUT2D eigenvalue weighted by Gasteiger charge is 2.16. The molecule has 0 amide bonds. The average molecular weight is 286 g/mol. The lowest BCUT2D eigenvalue weighted by Gasteiger charge is -2.19. The fourth-order valence-electron chi connectivity index (χ4n) is 2.30. The van der Waals surface area contributed by atoms with E-state index < -0.39 is 0 Å². The molecule has 0 bridgehead atoms. The quantitative estimate of drug-likeness (QED) is 0.652. The van der Waals surface area contributed by atoms with Gasteiger partial charge in [0.05, 0.1) is 18.3 Å². The molecule has 3 N–H and O–H groups in total. The molecule has 0 saturated carbocycles. The minimum Gasteiger partial charge on any atom is -0.489 e. The van der Waals surface area contributed by atoms with E-state index in [2.05, 4.69) is 15.4 Å². The molecule has 112 valence electrons. The summed E-state index contributed by atoms with van der Waals surface area (Å²) in [6.45, 7) is 7.92. The number of ether oxygens (including phenoxy) is 1. The molecule has 0 saturated heterocycles. The van der Waals surface area contributed by atoms with Crippen molar-refractivity contribution in [2.45, 2.75) is 39.8 Å². The Hall–Kier alpha value is -1.98. The molecule has 0 radical (unpaired) electrons. The second-order valence-electron chi connectivity index (χ2n) is 5.35. The van der Waals surface area contributed by atoms with Crippen molar-refractivity contribution in [1.29, 1.82) is 0 Å². The minimum absolute atomic E-state index is 0.106. The molecule has 5 heteroatoms. The van der Waals surface area contributed by atoms with Crippen LogP contribution in [0.3, 0.4) is 0 Å². The number of hydrogen-bond acceptors (Lipinski definition) is 5. The number of rotatable bonds is 5. The molecule has 2 aromatic rings. The van der Waals surface area contributed by atoms with Gasteiger partial charge in [-0.1, -0.05) is 6.07 Å². The smallest absolute Gasteiger partial charge is 0.138 e. The van der Waals surface area contributed by atoms with Crippen molar-refractivity contribution in [3.8, 4) is 5.75 Å². The van der Waals surface area contributed by atoms with Gasteiger partial charge >= 0.3 is 0 Å². The average Bonchev–Trinajstić information content (AvgIpc) is 2.41. The van der Waals surface area contributed by atoms with Crippen molar-refractivity contribution in [3.63, 3.8) is 0 Å². The molecule has 5 nitrogen and oxygen atoms in total. The van der Waals surface area contributed by atoms with Crippen molar-refractivity contribution >= 4 is 0 Å². The summed E-state index contributed by atoms with van der Waals surface area (Å²) < 4.78 is 5.69. The van der Waals surface area contributed by atoms with Gasteiger partial charge in [0.2, 0.25) is 0 Å². The third-order valence-corrected chi connectivity index (χ3v) is 3.18. The first-order valence-electron chi connectivity index (χ1n) is 7.03. The van der Waals surface area contributed by atoms with E-state index in [1.54, 1.807) is 12.4 Å². The normalized spacial score (nSPS) is 12.5. The van der Waals surface area contributed by atoms with Crippen molar-refractivity contribution < 1.29 is 4.74 Å². The molecule has 2 rings (SSSR count). The summed E-state index contributed by atoms with van der Waals surface area (Å²) in [5, 5.41) is 0. The van der Waals surface area contributed by atoms with E-state index in [4.69, 9.17) is 10.6 Å². The summed E-state index contributed by atoms with van der Waals surface area (Å²) in [6.07, 6.45) is 3.60. The molecular formula is C16H22N4O. The summed E-state index contributed by atoms with van der Waals surface area (Å²) >= 11 is 0. The number of aromatic nitrogens is 2. The van der Waals surface area contributed by atoms with Gasteiger partial charge in [0, 0.05) is 17.6 Å². The highest BCUT2D eigenvalue weighted by Crippen LogP contribution is 2.25. The first-order valence-corrected chi connectivity index (χ1v) is 7.03. The van der Waals surface area contributed by atoms with Crippen LogP contribution < -0.4 is 16.0 Å². The van der Waals surface area contributed by atoms with E-state index in [1.807, 2.05) is 45.9 Å². The van der Waals surface area contributed by atoms with Crippen LogP contribution in [0, 0.1) is 13.8 Å². The zero-order valence-corrected chi connectivity index (χ0v) is 12.9. The van der Waals surface area contributed by atoms with Crippen LogP contribution in [0.5, 0.6) is 5.75 Å². The van der Waals surface area contributed by atoms with E-state index >= 15 is 0 Å². The molecule has 0 aromatic carbocycles. The SMILES string of the molecule is Cc1ccc(C(NN)c2cncc(OC(C)C)c2)c(C)n1. The van der Waals surface area contributed by atoms with Gasteiger partial charge in [-0.15, -0.1) is 0 Å². The van der Waals surface area contributed by atoms with Gasteiger partial charge in [-0.05, 0) is 51.0 Å². The van der Waals surface area contributed by atoms with Crippen LogP contribution in [0.2, 0.25) is 0 Å². The van der Waals surface area contributed by atoms with Gasteiger partial charge in [0.25, 0.3) is 0 Å². The zero-order chi connectivity index (χ0) is 15.4. The van der Waals surface area contributed by atoms with E-state index in [-0.39, 0.29) is 12.1 Å². The van der Waals surface area contributed by atoms with Gasteiger partial charge < -0.3 is 4.74 Å². The molecule has 2 heterocycles. The lowest BCUT2D eigenvalue weighted by Crippen LogP contribution is -2.29. The van der Waals surface area contributed by atoms with Gasteiger partial charge in [-0.25, -0.2) is 5.43 Å². The third-order valence-electron chi connectivity index (χ3n) is 3.18. The maximum absolute atomic E-state index is 5.75. The Kier molecular flexibility index (Phi) is 4.88. The van der Waals surface area contributed by atoms with Crippen molar-refractivity contribution in [2.24, 2.45) is 5.84 Å². The summed E-state index contributed by atoms with van der Waals surface area (Å²) in [5.74, 6) is 6.49. The highest BCUT2D eigenvalue weighted by molar-refractivity contribution is 5.36. The second-order valence-corrected chi connectivity index (χ2v) is 5.35. The molecule has 0 aliphatic rings. The zero-order valence-electron chi connectivity index (χ0n) is 12.9. The predicted molar refractivity (Wildman–Crippen MR) is 82.9 cm³/mol. The summed E-state index contributed by atoms with van der Waals surface area (Å²) in [5.41, 5.74) is 6.76. The summed E-state index contributed by atoms with van der Waals surface area (Å²) in [7, 11) is 0. The maximum atomic E-state index is 5.75. The first-order chi connectivity index (χ1) is 10.0. The highest BCUT2D eigenvalue weighted by atomic mass is 16.5. The molecule has 0 aliphatic carbocycles. The number of pyridine rings is 2. The van der Waals surface area contributed by atoms with Crippen LogP contribution in [-0.4, -0.2) is 16.1 Å². The minimum atomic E-state index is -0.165. The van der Waals surface area contributed by atoms with Crippen LogP contribution >= 0.6 is 0 Å². The van der Waals surface area contributed by atoms with Crippen LogP contribution in [-0.2, 0) is 0 Å². The molecule has 0 aliphatic heterocycles. The standard InChI is InChI=1S/C16H22N4O/c1-10(2)21-14-7-13(8-18-9-14)16(20-17)15-6-5-11(3)19-12(15)4/h5-10,16,20H,17H2,1-4H3. The Morgan fingerprint density at radius 1 is 1.19 bits per heavy atom. The maximum Gasteiger partial charge on any atom is 0.138 e. The van der Waals surface area contributed by atoms with Gasteiger partial charge in [0.15, 0.2) is 0 Å². The second kappa shape index (κ2) is 6.65. The molecule has 21 heavy (non-hydrogen) atoms. The molecular weight excluding hydrogens is 264 g/mol. The Balaban J connectivity index is 2.37. The monoisotopic (exact) mass is 286 g/mol. The van der Waals surface area contributed by atoms with Crippen LogP contribution in [0.1, 0.15) is 42.4 Å². The molecule has 2 aromatic heterocycles. The van der Waals surface area contributed by atoms with Crippen LogP contribution in [0.15, 0.2) is 30.6 Å². The van der Waals surface area contributed by atoms with Crippen molar-refractivity contribution in [2.75, 3.05) is 0 Å². The van der Waals surface area contributed by atoms with E-state index in [1.165, 1.54) is 0 Å². The number of aryl methyl sites for hydroxylation is 2. The largest absolute Gasteiger partial charge is 0.489 e. The Morgan fingerprint density at radius 3 is 2.57 bits per heavy atom. The van der Waals surface area contributed by atoms with Gasteiger partial charge in [-0.2, -0.15) is 0 Å². The lowest BCUT2D eigenvalue weighted by atomic mass is 9.99. The van der Waals surface area contributed by atoms with Crippen molar-refractivity contribution in [1.82, 2.24) is 15.4 Å².